The molecule has 3 N–H and O–H groups in total. The Kier molecular flexibility index (Phi) is 4.79. The molecule has 5 nitrogen and oxygen atoms in total. The van der Waals surface area contributed by atoms with Gasteiger partial charge >= 0.3 is 6.03 Å². The number of nitrogens with zero attached hydrogens (tertiary/aromatic N) is 1. The lowest BCUT2D eigenvalue weighted by molar-refractivity contribution is 0.252. The quantitative estimate of drug-likeness (QED) is 0.599. The van der Waals surface area contributed by atoms with Crippen molar-refractivity contribution in [2.24, 2.45) is 5.10 Å². The highest BCUT2D eigenvalue weighted by Crippen LogP contribution is 2.22. The molecule has 21 heavy (non-hydrogen) atoms. The normalized spacial score (nSPS) is 10.6. The predicted molar refractivity (Wildman–Crippen MR) is 84.0 cm³/mol. The summed E-state index contributed by atoms with van der Waals surface area (Å²) in [4.78, 5) is 11.7. The number of carbonyl (C=O) groups is 1. The number of nitrogens with one attached hydrogen (secondary N) is 2. The molecule has 0 aliphatic rings. The Balaban J connectivity index is 1.93. The summed E-state index contributed by atoms with van der Waals surface area (Å²) >= 11 is 5.77. The van der Waals surface area contributed by atoms with E-state index in [1.165, 1.54) is 12.3 Å². The molecular formula is C15H14ClN3O2. The molecule has 0 spiro atoms. The summed E-state index contributed by atoms with van der Waals surface area (Å²) in [5.74, 6) is -0.000860. The number of hydrogen-bond acceptors (Lipinski definition) is 3. The second-order valence-corrected chi connectivity index (χ2v) is 4.76. The maximum Gasteiger partial charge on any atom is 0.339 e. The molecule has 0 aromatic heterocycles. The van der Waals surface area contributed by atoms with Gasteiger partial charge in [-0.1, -0.05) is 29.8 Å². The second-order valence-electron chi connectivity index (χ2n) is 4.35. The molecular weight excluding hydrogens is 290 g/mol. The zero-order valence-electron chi connectivity index (χ0n) is 11.3. The predicted octanol–water partition coefficient (Wildman–Crippen LogP) is 3.51. The number of halogens is 1. The van der Waals surface area contributed by atoms with Gasteiger partial charge in [-0.15, -0.1) is 0 Å². The lowest BCUT2D eigenvalue weighted by Gasteiger charge is -2.06. The third-order valence-electron chi connectivity index (χ3n) is 2.74. The number of hydrazone groups is 1. The Morgan fingerprint density at radius 2 is 2.05 bits per heavy atom. The van der Waals surface area contributed by atoms with Crippen LogP contribution in [0.3, 0.4) is 0 Å². The van der Waals surface area contributed by atoms with E-state index in [0.717, 1.165) is 11.3 Å². The first-order valence-corrected chi connectivity index (χ1v) is 6.58. The smallest absolute Gasteiger partial charge is 0.339 e. The molecule has 0 bridgehead atoms. The van der Waals surface area contributed by atoms with Crippen molar-refractivity contribution < 1.29 is 9.90 Å². The first-order chi connectivity index (χ1) is 10.1. The van der Waals surface area contributed by atoms with Gasteiger partial charge in [0.25, 0.3) is 0 Å². The number of anilines is 1. The Hall–Kier alpha value is -2.53. The van der Waals surface area contributed by atoms with Gasteiger partial charge in [-0.25, -0.2) is 10.2 Å². The topological polar surface area (TPSA) is 73.7 Å². The monoisotopic (exact) mass is 303 g/mol. The van der Waals surface area contributed by atoms with Gasteiger partial charge in [-0.2, -0.15) is 5.10 Å². The second kappa shape index (κ2) is 6.76. The van der Waals surface area contributed by atoms with Gasteiger partial charge in [0.15, 0.2) is 0 Å². The van der Waals surface area contributed by atoms with Gasteiger partial charge in [0.2, 0.25) is 0 Å². The summed E-state index contributed by atoms with van der Waals surface area (Å²) in [7, 11) is 0. The number of para-hydroxylation sites is 1. The van der Waals surface area contributed by atoms with Gasteiger partial charge in [0, 0.05) is 5.69 Å². The zero-order chi connectivity index (χ0) is 15.2. The number of carbonyl (C=O) groups excluding carboxylic acids is 1. The van der Waals surface area contributed by atoms with Crippen LogP contribution in [-0.4, -0.2) is 17.4 Å². The number of rotatable bonds is 3. The van der Waals surface area contributed by atoms with E-state index < -0.39 is 6.03 Å². The Labute approximate surface area is 127 Å². The van der Waals surface area contributed by atoms with Crippen molar-refractivity contribution in [3.8, 4) is 5.75 Å². The minimum absolute atomic E-state index is 0.000860. The lowest BCUT2D eigenvalue weighted by atomic mass is 10.2. The number of aromatic hydroxyl groups is 1. The Morgan fingerprint density at radius 3 is 2.76 bits per heavy atom. The average molecular weight is 304 g/mol. The number of phenolic OH excluding ortho intramolecular Hbond substituents is 1. The van der Waals surface area contributed by atoms with Crippen molar-refractivity contribution >= 4 is 29.5 Å². The van der Waals surface area contributed by atoms with Crippen LogP contribution < -0.4 is 10.7 Å². The van der Waals surface area contributed by atoms with Crippen LogP contribution in [-0.2, 0) is 0 Å². The third kappa shape index (κ3) is 4.22. The molecule has 0 radical (unpaired) electrons. The summed E-state index contributed by atoms with van der Waals surface area (Å²) in [6, 6.07) is 11.6. The fourth-order valence-corrected chi connectivity index (χ4v) is 1.82. The minimum Gasteiger partial charge on any atom is -0.506 e. The van der Waals surface area contributed by atoms with Gasteiger partial charge < -0.3 is 10.4 Å². The summed E-state index contributed by atoms with van der Waals surface area (Å²) in [6.07, 6.45) is 1.43. The van der Waals surface area contributed by atoms with Crippen LogP contribution in [0.15, 0.2) is 47.6 Å². The van der Waals surface area contributed by atoms with Crippen molar-refractivity contribution in [2.75, 3.05) is 5.32 Å². The number of phenols is 1. The maximum atomic E-state index is 11.7. The van der Waals surface area contributed by atoms with E-state index in [1.54, 1.807) is 18.2 Å². The average Bonchev–Trinajstić information content (AvgIpc) is 2.45. The third-order valence-corrected chi connectivity index (χ3v) is 3.05. The van der Waals surface area contributed by atoms with E-state index in [4.69, 9.17) is 11.6 Å². The molecule has 2 aromatic rings. The zero-order valence-corrected chi connectivity index (χ0v) is 12.1. The molecule has 0 fully saturated rings. The number of benzene rings is 2. The van der Waals surface area contributed by atoms with Crippen LogP contribution in [0.25, 0.3) is 0 Å². The van der Waals surface area contributed by atoms with Crippen molar-refractivity contribution in [3.05, 3.63) is 58.6 Å². The number of aryl methyl sites for hydroxylation is 1. The maximum absolute atomic E-state index is 11.7. The van der Waals surface area contributed by atoms with E-state index in [0.29, 0.717) is 5.56 Å². The van der Waals surface area contributed by atoms with Crippen LogP contribution >= 0.6 is 11.6 Å². The van der Waals surface area contributed by atoms with Crippen LogP contribution in [0.2, 0.25) is 5.02 Å². The van der Waals surface area contributed by atoms with Gasteiger partial charge in [0.1, 0.15) is 5.75 Å². The van der Waals surface area contributed by atoms with Crippen LogP contribution in [0.1, 0.15) is 11.1 Å². The molecule has 2 rings (SSSR count). The van der Waals surface area contributed by atoms with Crippen molar-refractivity contribution in [1.29, 1.82) is 0 Å². The van der Waals surface area contributed by atoms with Crippen LogP contribution in [0, 0.1) is 6.92 Å². The Morgan fingerprint density at radius 1 is 1.29 bits per heavy atom. The summed E-state index contributed by atoms with van der Waals surface area (Å²) in [6.45, 7) is 1.90. The standard InChI is InChI=1S/C15H14ClN3O2/c1-10-4-2-3-5-13(10)18-15(21)19-17-9-11-6-7-14(20)12(16)8-11/h2-9,20H,1H3,(H2,18,19,21)/b17-9+. The minimum atomic E-state index is -0.439. The number of urea groups is 1. The molecule has 0 atom stereocenters. The molecule has 2 aromatic carbocycles. The number of hydrogen-bond donors (Lipinski definition) is 3. The number of amides is 2. The summed E-state index contributed by atoms with van der Waals surface area (Å²) < 4.78 is 0. The van der Waals surface area contributed by atoms with E-state index in [9.17, 15) is 9.90 Å². The molecule has 0 unspecified atom stereocenters. The van der Waals surface area contributed by atoms with Gasteiger partial charge in [-0.3, -0.25) is 0 Å². The molecule has 0 saturated heterocycles. The van der Waals surface area contributed by atoms with Crippen molar-refractivity contribution in [1.82, 2.24) is 5.43 Å². The highest BCUT2D eigenvalue weighted by Gasteiger charge is 2.02. The van der Waals surface area contributed by atoms with Gasteiger partial charge in [-0.05, 0) is 42.3 Å². The van der Waals surface area contributed by atoms with E-state index in [1.807, 2.05) is 25.1 Å². The van der Waals surface area contributed by atoms with Crippen molar-refractivity contribution in [2.45, 2.75) is 6.92 Å². The fourth-order valence-electron chi connectivity index (χ4n) is 1.63. The van der Waals surface area contributed by atoms with Crippen LogP contribution in [0.4, 0.5) is 10.5 Å². The highest BCUT2D eigenvalue weighted by atomic mass is 35.5. The van der Waals surface area contributed by atoms with Crippen LogP contribution in [0.5, 0.6) is 5.75 Å². The fraction of sp³-hybridized carbons (Fsp3) is 0.0667. The first kappa shape index (κ1) is 14.9. The largest absolute Gasteiger partial charge is 0.506 e. The molecule has 108 valence electrons. The molecule has 2 amide bonds. The summed E-state index contributed by atoms with van der Waals surface area (Å²) in [5, 5.41) is 16.0. The molecule has 0 heterocycles. The molecule has 6 heteroatoms. The SMILES string of the molecule is Cc1ccccc1NC(=O)N/N=C/c1ccc(O)c(Cl)c1. The van der Waals surface area contributed by atoms with E-state index in [-0.39, 0.29) is 10.8 Å². The van der Waals surface area contributed by atoms with Crippen molar-refractivity contribution in [3.63, 3.8) is 0 Å². The Bertz CT molecular complexity index is 686. The molecule has 0 aliphatic heterocycles. The highest BCUT2D eigenvalue weighted by molar-refractivity contribution is 6.32. The van der Waals surface area contributed by atoms with E-state index >= 15 is 0 Å². The lowest BCUT2D eigenvalue weighted by Crippen LogP contribution is -2.24. The summed E-state index contributed by atoms with van der Waals surface area (Å²) in [5.41, 5.74) is 4.70. The molecule has 0 aliphatic carbocycles. The molecule has 0 saturated carbocycles. The van der Waals surface area contributed by atoms with E-state index in [2.05, 4.69) is 15.8 Å². The first-order valence-electron chi connectivity index (χ1n) is 6.20. The van der Waals surface area contributed by atoms with Gasteiger partial charge in [0.05, 0.1) is 11.2 Å².